The lowest BCUT2D eigenvalue weighted by molar-refractivity contribution is -0.327. The first kappa shape index (κ1) is 25.1. The van der Waals surface area contributed by atoms with Crippen LogP contribution in [0.25, 0.3) is 0 Å². The fourth-order valence-electron chi connectivity index (χ4n) is 4.32. The minimum absolute atomic E-state index is 0.0904. The van der Waals surface area contributed by atoms with Gasteiger partial charge in [0.1, 0.15) is 36.6 Å². The van der Waals surface area contributed by atoms with Crippen molar-refractivity contribution < 1.29 is 44.5 Å². The highest BCUT2D eigenvalue weighted by Crippen LogP contribution is 2.31. The summed E-state index contributed by atoms with van der Waals surface area (Å²) in [5, 5.41) is 51.3. The second-order valence-electron chi connectivity index (χ2n) is 8.70. The zero-order valence-corrected chi connectivity index (χ0v) is 17.4. The van der Waals surface area contributed by atoms with Crippen molar-refractivity contribution in [1.82, 2.24) is 0 Å². The first-order valence-corrected chi connectivity index (χ1v) is 10.5. The fourth-order valence-corrected chi connectivity index (χ4v) is 4.32. The Morgan fingerprint density at radius 1 is 0.774 bits per heavy atom. The van der Waals surface area contributed by atoms with Crippen molar-refractivity contribution in [1.29, 1.82) is 0 Å². The molecule has 13 nitrogen and oxygen atoms in total. The molecule has 13 N–H and O–H groups in total. The van der Waals surface area contributed by atoms with Gasteiger partial charge in [-0.25, -0.2) is 0 Å². The summed E-state index contributed by atoms with van der Waals surface area (Å²) in [5.41, 5.74) is 23.8. The molecule has 2 saturated heterocycles. The lowest BCUT2D eigenvalue weighted by Crippen LogP contribution is -2.68. The largest absolute Gasteiger partial charge is 0.390 e. The molecule has 3 fully saturated rings. The molecule has 1 aliphatic carbocycles. The van der Waals surface area contributed by atoms with Gasteiger partial charge in [-0.1, -0.05) is 0 Å². The molecule has 2 heterocycles. The van der Waals surface area contributed by atoms with Crippen molar-refractivity contribution in [2.75, 3.05) is 6.54 Å². The summed E-state index contributed by atoms with van der Waals surface area (Å²) in [6.45, 7) is 1.62. The van der Waals surface area contributed by atoms with E-state index < -0.39 is 85.6 Å². The molecule has 0 amide bonds. The molecule has 0 unspecified atom stereocenters. The summed E-state index contributed by atoms with van der Waals surface area (Å²) in [6.07, 6.45) is -11.9. The molecule has 0 aromatic rings. The normalized spacial score (nSPS) is 54.0. The lowest BCUT2D eigenvalue weighted by Gasteiger charge is -2.48. The third-order valence-corrected chi connectivity index (χ3v) is 6.24. The fraction of sp³-hybridized carbons (Fsp3) is 1.00. The second-order valence-corrected chi connectivity index (χ2v) is 8.70. The highest BCUT2D eigenvalue weighted by Gasteiger charge is 2.50. The highest BCUT2D eigenvalue weighted by atomic mass is 16.7. The van der Waals surface area contributed by atoms with Crippen LogP contribution >= 0.6 is 0 Å². The monoisotopic (exact) mass is 452 g/mol. The van der Waals surface area contributed by atoms with E-state index in [0.717, 1.165) is 0 Å². The highest BCUT2D eigenvalue weighted by molar-refractivity contribution is 5.01. The summed E-state index contributed by atoms with van der Waals surface area (Å²) in [5.74, 6) is 0. The van der Waals surface area contributed by atoms with E-state index in [2.05, 4.69) is 0 Å². The molecule has 31 heavy (non-hydrogen) atoms. The summed E-state index contributed by atoms with van der Waals surface area (Å²) >= 11 is 0. The maximum absolute atomic E-state index is 10.7. The van der Waals surface area contributed by atoms with Crippen LogP contribution in [0.5, 0.6) is 0 Å². The second kappa shape index (κ2) is 10.2. The molecule has 0 spiro atoms. The number of aliphatic hydroxyl groups excluding tert-OH is 5. The van der Waals surface area contributed by atoms with Crippen molar-refractivity contribution in [2.45, 2.75) is 105 Å². The molecular formula is C18H36N4O9. The number of ether oxygens (including phenoxy) is 4. The number of rotatable bonds is 5. The SMILES string of the molecule is C[C@@H]1C[C@H](O)[C@@H](O)[C@H](O[C@@H]2[C@@H](O)[C@H](N)C[C@H](N)[C@H]2O[C@H]2O[C@H](CN)[C@@H](O)[C@H](O)[C@H]2N)O1. The Bertz CT molecular complexity index is 590. The quantitative estimate of drug-likeness (QED) is 0.189. The van der Waals surface area contributed by atoms with Gasteiger partial charge >= 0.3 is 0 Å². The van der Waals surface area contributed by atoms with Gasteiger partial charge in [0.25, 0.3) is 0 Å². The van der Waals surface area contributed by atoms with Crippen LogP contribution in [0, 0.1) is 0 Å². The first-order chi connectivity index (χ1) is 14.5. The van der Waals surface area contributed by atoms with Crippen molar-refractivity contribution in [3.63, 3.8) is 0 Å². The van der Waals surface area contributed by atoms with Crippen LogP contribution in [0.1, 0.15) is 19.8 Å². The van der Waals surface area contributed by atoms with Crippen LogP contribution in [0.15, 0.2) is 0 Å². The van der Waals surface area contributed by atoms with Crippen molar-refractivity contribution >= 4 is 0 Å². The average molecular weight is 453 g/mol. The van der Waals surface area contributed by atoms with Crippen LogP contribution in [-0.4, -0.2) is 118 Å². The van der Waals surface area contributed by atoms with E-state index >= 15 is 0 Å². The smallest absolute Gasteiger partial charge is 0.186 e. The van der Waals surface area contributed by atoms with Gasteiger partial charge in [0.05, 0.1) is 24.4 Å². The molecule has 1 saturated carbocycles. The Labute approximate surface area is 180 Å². The predicted octanol–water partition coefficient (Wildman–Crippen LogP) is -5.23. The minimum atomic E-state index is -1.36. The molecule has 13 heteroatoms. The Morgan fingerprint density at radius 2 is 1.42 bits per heavy atom. The minimum Gasteiger partial charge on any atom is -0.390 e. The van der Waals surface area contributed by atoms with Crippen molar-refractivity contribution in [2.24, 2.45) is 22.9 Å². The lowest BCUT2D eigenvalue weighted by atomic mass is 9.84. The molecule has 2 aliphatic heterocycles. The average Bonchev–Trinajstić information content (AvgIpc) is 2.72. The summed E-state index contributed by atoms with van der Waals surface area (Å²) < 4.78 is 23.0. The van der Waals surface area contributed by atoms with Gasteiger partial charge in [0.15, 0.2) is 12.6 Å². The standard InChI is InChI=1S/C18H36N4O9/c1-5-2-8(23)12(25)18(28-5)31-16-11(24)6(20)3-7(21)15(16)30-17-10(22)14(27)13(26)9(4-19)29-17/h5-18,23-27H,2-4,19-22H2,1H3/t5-,6-,7+,8+,9-,10-,11+,12-,13-,14-,15-,16-,17-,18+/m1/s1. The predicted molar refractivity (Wildman–Crippen MR) is 105 cm³/mol. The molecule has 0 aromatic carbocycles. The van der Waals surface area contributed by atoms with Crippen LogP contribution < -0.4 is 22.9 Å². The maximum atomic E-state index is 10.7. The molecule has 0 aromatic heterocycles. The number of hydrogen-bond donors (Lipinski definition) is 9. The van der Waals surface area contributed by atoms with Crippen LogP contribution in [-0.2, 0) is 18.9 Å². The summed E-state index contributed by atoms with van der Waals surface area (Å²) in [7, 11) is 0. The van der Waals surface area contributed by atoms with E-state index in [-0.39, 0.29) is 19.4 Å². The summed E-state index contributed by atoms with van der Waals surface area (Å²) in [6, 6.07) is -2.59. The van der Waals surface area contributed by atoms with Gasteiger partial charge in [-0.3, -0.25) is 0 Å². The van der Waals surface area contributed by atoms with Gasteiger partial charge in [-0.2, -0.15) is 0 Å². The number of aliphatic hydroxyl groups is 5. The van der Waals surface area contributed by atoms with E-state index in [0.29, 0.717) is 0 Å². The van der Waals surface area contributed by atoms with Gasteiger partial charge in [0, 0.05) is 25.0 Å². The van der Waals surface area contributed by atoms with Crippen LogP contribution in [0.3, 0.4) is 0 Å². The zero-order chi connectivity index (χ0) is 23.0. The molecular weight excluding hydrogens is 416 g/mol. The molecule has 3 aliphatic rings. The van der Waals surface area contributed by atoms with Gasteiger partial charge in [0.2, 0.25) is 0 Å². The Morgan fingerprint density at radius 3 is 2.06 bits per heavy atom. The van der Waals surface area contributed by atoms with Gasteiger partial charge < -0.3 is 67.4 Å². The van der Waals surface area contributed by atoms with E-state index in [1.54, 1.807) is 6.92 Å². The Balaban J connectivity index is 1.79. The van der Waals surface area contributed by atoms with Crippen molar-refractivity contribution in [3.05, 3.63) is 0 Å². The van der Waals surface area contributed by atoms with E-state index in [1.165, 1.54) is 0 Å². The molecule has 182 valence electrons. The molecule has 0 radical (unpaired) electrons. The Hall–Kier alpha value is -0.520. The third-order valence-electron chi connectivity index (χ3n) is 6.24. The van der Waals surface area contributed by atoms with Gasteiger partial charge in [-0.05, 0) is 13.3 Å². The molecule has 3 rings (SSSR count). The van der Waals surface area contributed by atoms with E-state index in [4.69, 9.17) is 41.9 Å². The first-order valence-electron chi connectivity index (χ1n) is 10.5. The molecule has 14 atom stereocenters. The van der Waals surface area contributed by atoms with Gasteiger partial charge in [-0.15, -0.1) is 0 Å². The Kier molecular flexibility index (Phi) is 8.24. The number of nitrogens with two attached hydrogens (primary N) is 4. The topological polar surface area (TPSA) is 242 Å². The third kappa shape index (κ3) is 5.19. The maximum Gasteiger partial charge on any atom is 0.186 e. The zero-order valence-electron chi connectivity index (χ0n) is 17.4. The van der Waals surface area contributed by atoms with E-state index in [1.807, 2.05) is 0 Å². The number of hydrogen-bond acceptors (Lipinski definition) is 13. The van der Waals surface area contributed by atoms with Crippen LogP contribution in [0.4, 0.5) is 0 Å². The van der Waals surface area contributed by atoms with Crippen molar-refractivity contribution in [3.8, 4) is 0 Å². The summed E-state index contributed by atoms with van der Waals surface area (Å²) in [4.78, 5) is 0. The van der Waals surface area contributed by atoms with Crippen LogP contribution in [0.2, 0.25) is 0 Å². The van der Waals surface area contributed by atoms with E-state index in [9.17, 15) is 25.5 Å². The molecule has 0 bridgehead atoms.